The summed E-state index contributed by atoms with van der Waals surface area (Å²) in [5, 5.41) is 12.0. The van der Waals surface area contributed by atoms with Gasteiger partial charge in [0, 0.05) is 30.3 Å². The van der Waals surface area contributed by atoms with Crippen LogP contribution < -0.4 is 5.32 Å². The summed E-state index contributed by atoms with van der Waals surface area (Å²) >= 11 is 0. The maximum absolute atomic E-state index is 12.6. The number of rotatable bonds is 4. The van der Waals surface area contributed by atoms with Crippen molar-refractivity contribution in [3.63, 3.8) is 0 Å². The average Bonchev–Trinajstić information content (AvgIpc) is 3.03. The summed E-state index contributed by atoms with van der Waals surface area (Å²) in [6.45, 7) is 9.33. The van der Waals surface area contributed by atoms with Crippen molar-refractivity contribution in [1.29, 1.82) is 0 Å². The van der Waals surface area contributed by atoms with Crippen LogP contribution in [0.25, 0.3) is 0 Å². The van der Waals surface area contributed by atoms with Gasteiger partial charge in [0.05, 0.1) is 5.92 Å². The molecular weight excluding hydrogens is 344 g/mol. The van der Waals surface area contributed by atoms with Gasteiger partial charge in [-0.3, -0.25) is 14.4 Å². The quantitative estimate of drug-likeness (QED) is 0.849. The van der Waals surface area contributed by atoms with Crippen molar-refractivity contribution in [2.45, 2.75) is 40.5 Å². The van der Waals surface area contributed by atoms with E-state index in [0.717, 1.165) is 0 Å². The van der Waals surface area contributed by atoms with Crippen LogP contribution in [-0.4, -0.2) is 40.9 Å². The zero-order chi connectivity index (χ0) is 20.0. The first-order valence-electron chi connectivity index (χ1n) is 9.48. The van der Waals surface area contributed by atoms with Gasteiger partial charge in [0.15, 0.2) is 0 Å². The molecule has 1 saturated heterocycles. The highest BCUT2D eigenvalue weighted by molar-refractivity contribution is 5.98. The standard InChI is InChI=1S/C21H28N2O4/c1-20(2)16(21(20,3)4)17(24)22-15-7-5-13(6-8-15)18(25)23-11-9-14(10-12-23)19(26)27/h5-8,14,16H,9-12H2,1-4H3,(H,22,24)(H,26,27). The minimum atomic E-state index is -0.788. The monoisotopic (exact) mass is 372 g/mol. The Morgan fingerprint density at radius 2 is 1.52 bits per heavy atom. The Kier molecular flexibility index (Phi) is 4.78. The van der Waals surface area contributed by atoms with Gasteiger partial charge in [-0.2, -0.15) is 0 Å². The lowest BCUT2D eigenvalue weighted by atomic mass is 9.96. The Labute approximate surface area is 159 Å². The molecule has 3 rings (SSSR count). The second kappa shape index (κ2) is 6.66. The number of hydrogen-bond acceptors (Lipinski definition) is 3. The number of carboxylic acid groups (broad SMARTS) is 1. The molecule has 6 heteroatoms. The molecule has 146 valence electrons. The molecule has 1 aromatic rings. The maximum atomic E-state index is 12.6. The second-order valence-electron chi connectivity index (χ2n) is 8.85. The summed E-state index contributed by atoms with van der Waals surface area (Å²) < 4.78 is 0. The summed E-state index contributed by atoms with van der Waals surface area (Å²) in [5.41, 5.74) is 1.19. The number of benzene rings is 1. The van der Waals surface area contributed by atoms with Crippen LogP contribution >= 0.6 is 0 Å². The van der Waals surface area contributed by atoms with Crippen LogP contribution in [0.3, 0.4) is 0 Å². The molecule has 27 heavy (non-hydrogen) atoms. The van der Waals surface area contributed by atoms with Crippen molar-refractivity contribution < 1.29 is 19.5 Å². The predicted octanol–water partition coefficient (Wildman–Crippen LogP) is 3.24. The zero-order valence-corrected chi connectivity index (χ0v) is 16.4. The molecule has 0 radical (unpaired) electrons. The number of likely N-dealkylation sites (tertiary alicyclic amines) is 1. The first-order chi connectivity index (χ1) is 12.6. The largest absolute Gasteiger partial charge is 0.481 e. The molecule has 1 saturated carbocycles. The van der Waals surface area contributed by atoms with Crippen LogP contribution in [0.2, 0.25) is 0 Å². The number of carboxylic acids is 1. The Balaban J connectivity index is 1.59. The lowest BCUT2D eigenvalue weighted by molar-refractivity contribution is -0.143. The molecule has 2 amide bonds. The van der Waals surface area contributed by atoms with Crippen LogP contribution in [-0.2, 0) is 9.59 Å². The number of piperidine rings is 1. The SMILES string of the molecule is CC1(C)C(C(=O)Nc2ccc(C(=O)N3CCC(C(=O)O)CC3)cc2)C1(C)C. The summed E-state index contributed by atoms with van der Waals surface area (Å²) in [5.74, 6) is -1.25. The molecule has 1 heterocycles. The number of aliphatic carboxylic acids is 1. The predicted molar refractivity (Wildman–Crippen MR) is 102 cm³/mol. The summed E-state index contributed by atoms with van der Waals surface area (Å²) in [7, 11) is 0. The van der Waals surface area contributed by atoms with E-state index in [1.54, 1.807) is 29.2 Å². The van der Waals surface area contributed by atoms with E-state index in [0.29, 0.717) is 37.2 Å². The average molecular weight is 372 g/mol. The number of nitrogens with one attached hydrogen (secondary N) is 1. The number of hydrogen-bond donors (Lipinski definition) is 2. The Hall–Kier alpha value is -2.37. The van der Waals surface area contributed by atoms with E-state index in [1.807, 2.05) is 0 Å². The maximum Gasteiger partial charge on any atom is 0.306 e. The van der Waals surface area contributed by atoms with Crippen molar-refractivity contribution >= 4 is 23.5 Å². The molecule has 1 aliphatic carbocycles. The fraction of sp³-hybridized carbons (Fsp3) is 0.571. The van der Waals surface area contributed by atoms with Gasteiger partial charge in [0.1, 0.15) is 0 Å². The fourth-order valence-corrected chi connectivity index (χ4v) is 4.27. The summed E-state index contributed by atoms with van der Waals surface area (Å²) in [4.78, 5) is 37.8. The molecule has 1 aromatic carbocycles. The normalized spacial score (nSPS) is 21.6. The first kappa shape index (κ1) is 19.4. The van der Waals surface area contributed by atoms with E-state index in [9.17, 15) is 14.4 Å². The van der Waals surface area contributed by atoms with Crippen LogP contribution in [0, 0.1) is 22.7 Å². The van der Waals surface area contributed by atoms with Gasteiger partial charge >= 0.3 is 5.97 Å². The summed E-state index contributed by atoms with van der Waals surface area (Å²) in [6, 6.07) is 6.92. The minimum absolute atomic E-state index is 0.0137. The van der Waals surface area contributed by atoms with E-state index in [-0.39, 0.29) is 34.5 Å². The van der Waals surface area contributed by atoms with Crippen molar-refractivity contribution in [2.75, 3.05) is 18.4 Å². The van der Waals surface area contributed by atoms with Gasteiger partial charge in [0.25, 0.3) is 5.91 Å². The fourth-order valence-electron chi connectivity index (χ4n) is 4.27. The van der Waals surface area contributed by atoms with E-state index in [4.69, 9.17) is 5.11 Å². The van der Waals surface area contributed by atoms with Crippen molar-refractivity contribution in [1.82, 2.24) is 4.90 Å². The Bertz CT molecular complexity index is 745. The molecule has 0 unspecified atom stereocenters. The number of carbonyl (C=O) groups excluding carboxylic acids is 2. The molecule has 2 aliphatic rings. The molecule has 0 atom stereocenters. The van der Waals surface area contributed by atoms with E-state index in [2.05, 4.69) is 33.0 Å². The van der Waals surface area contributed by atoms with Crippen LogP contribution in [0.15, 0.2) is 24.3 Å². The minimum Gasteiger partial charge on any atom is -0.481 e. The van der Waals surface area contributed by atoms with E-state index >= 15 is 0 Å². The zero-order valence-electron chi connectivity index (χ0n) is 16.4. The lowest BCUT2D eigenvalue weighted by Gasteiger charge is -2.30. The van der Waals surface area contributed by atoms with Gasteiger partial charge in [-0.05, 0) is 47.9 Å². The third kappa shape index (κ3) is 3.45. The molecule has 0 bridgehead atoms. The molecule has 0 spiro atoms. The first-order valence-corrected chi connectivity index (χ1v) is 9.48. The van der Waals surface area contributed by atoms with Crippen molar-refractivity contribution in [3.8, 4) is 0 Å². The third-order valence-corrected chi connectivity index (χ3v) is 6.81. The van der Waals surface area contributed by atoms with Gasteiger partial charge < -0.3 is 15.3 Å². The van der Waals surface area contributed by atoms with E-state index in [1.165, 1.54) is 0 Å². The molecule has 2 N–H and O–H groups in total. The van der Waals surface area contributed by atoms with Crippen LogP contribution in [0.5, 0.6) is 0 Å². The van der Waals surface area contributed by atoms with E-state index < -0.39 is 5.97 Å². The molecule has 0 aromatic heterocycles. The Morgan fingerprint density at radius 1 is 1.00 bits per heavy atom. The number of amides is 2. The highest BCUT2D eigenvalue weighted by atomic mass is 16.4. The third-order valence-electron chi connectivity index (χ3n) is 6.81. The molecule has 1 aliphatic heterocycles. The second-order valence-corrected chi connectivity index (χ2v) is 8.85. The van der Waals surface area contributed by atoms with Crippen molar-refractivity contribution in [3.05, 3.63) is 29.8 Å². The van der Waals surface area contributed by atoms with Crippen LogP contribution in [0.1, 0.15) is 50.9 Å². The topological polar surface area (TPSA) is 86.7 Å². The van der Waals surface area contributed by atoms with Crippen LogP contribution in [0.4, 0.5) is 5.69 Å². The highest BCUT2D eigenvalue weighted by Gasteiger charge is 2.68. The number of nitrogens with zero attached hydrogens (tertiary/aromatic N) is 1. The lowest BCUT2D eigenvalue weighted by Crippen LogP contribution is -2.40. The molecule has 2 fully saturated rings. The summed E-state index contributed by atoms with van der Waals surface area (Å²) in [6.07, 6.45) is 0.977. The number of anilines is 1. The number of carbonyl (C=O) groups is 3. The smallest absolute Gasteiger partial charge is 0.306 e. The molecule has 6 nitrogen and oxygen atoms in total. The molecular formula is C21H28N2O4. The highest BCUT2D eigenvalue weighted by Crippen LogP contribution is 2.68. The Morgan fingerprint density at radius 3 is 1.96 bits per heavy atom. The van der Waals surface area contributed by atoms with Gasteiger partial charge in [-0.15, -0.1) is 0 Å². The van der Waals surface area contributed by atoms with Gasteiger partial charge in [0.2, 0.25) is 5.91 Å². The van der Waals surface area contributed by atoms with Gasteiger partial charge in [-0.1, -0.05) is 27.7 Å². The van der Waals surface area contributed by atoms with Crippen molar-refractivity contribution in [2.24, 2.45) is 22.7 Å². The van der Waals surface area contributed by atoms with Gasteiger partial charge in [-0.25, -0.2) is 0 Å².